The average Bonchev–Trinajstić information content (AvgIpc) is 2.57. The van der Waals surface area contributed by atoms with Gasteiger partial charge in [0.2, 0.25) is 0 Å². The van der Waals surface area contributed by atoms with E-state index in [0.29, 0.717) is 0 Å². The summed E-state index contributed by atoms with van der Waals surface area (Å²) in [6, 6.07) is -0.269. The number of aliphatic hydroxyl groups is 2. The third-order valence-electron chi connectivity index (χ3n) is 1.46. The molecule has 0 aromatic rings. The van der Waals surface area contributed by atoms with Gasteiger partial charge in [-0.3, -0.25) is 4.79 Å². The Labute approximate surface area is 71.0 Å². The van der Waals surface area contributed by atoms with Crippen molar-refractivity contribution in [1.82, 2.24) is 5.32 Å². The summed E-state index contributed by atoms with van der Waals surface area (Å²) >= 11 is 0. The smallest absolute Gasteiger partial charge is 0.320 e. The molecule has 0 aromatic carbocycles. The van der Waals surface area contributed by atoms with Gasteiger partial charge in [-0.2, -0.15) is 0 Å². The molecule has 0 bridgehead atoms. The van der Waals surface area contributed by atoms with Gasteiger partial charge in [0.05, 0.1) is 13.2 Å². The SMILES string of the molecule is O=C(O)[C@@H]1CCCN1.OCCO. The highest BCUT2D eigenvalue weighted by atomic mass is 16.4. The van der Waals surface area contributed by atoms with E-state index >= 15 is 0 Å². The van der Waals surface area contributed by atoms with E-state index in [1.165, 1.54) is 0 Å². The van der Waals surface area contributed by atoms with Crippen molar-refractivity contribution in [3.63, 3.8) is 0 Å². The van der Waals surface area contributed by atoms with E-state index in [0.717, 1.165) is 19.4 Å². The van der Waals surface area contributed by atoms with E-state index in [-0.39, 0.29) is 19.3 Å². The Balaban J connectivity index is 0.000000261. The summed E-state index contributed by atoms with van der Waals surface area (Å²) in [6.07, 6.45) is 1.78. The third-order valence-corrected chi connectivity index (χ3v) is 1.46. The molecular formula is C7H15NO4. The monoisotopic (exact) mass is 177 g/mol. The minimum atomic E-state index is -0.720. The first-order valence-electron chi connectivity index (χ1n) is 3.90. The number of aliphatic carboxylic acids is 1. The van der Waals surface area contributed by atoms with Crippen molar-refractivity contribution in [1.29, 1.82) is 0 Å². The van der Waals surface area contributed by atoms with E-state index in [1.54, 1.807) is 0 Å². The Bertz CT molecular complexity index is 121. The lowest BCUT2D eigenvalue weighted by Gasteiger charge is -1.99. The van der Waals surface area contributed by atoms with Crippen molar-refractivity contribution in [2.24, 2.45) is 0 Å². The largest absolute Gasteiger partial charge is 0.480 e. The van der Waals surface area contributed by atoms with Gasteiger partial charge in [-0.1, -0.05) is 0 Å². The second kappa shape index (κ2) is 7.02. The van der Waals surface area contributed by atoms with Crippen LogP contribution in [-0.4, -0.2) is 47.1 Å². The van der Waals surface area contributed by atoms with Gasteiger partial charge in [0.1, 0.15) is 6.04 Å². The van der Waals surface area contributed by atoms with Crippen molar-refractivity contribution in [2.45, 2.75) is 18.9 Å². The number of nitrogens with one attached hydrogen (secondary N) is 1. The first kappa shape index (κ1) is 11.4. The number of carbonyl (C=O) groups is 1. The number of carboxylic acids is 1. The van der Waals surface area contributed by atoms with Gasteiger partial charge in [0.25, 0.3) is 0 Å². The topological polar surface area (TPSA) is 89.8 Å². The Kier molecular flexibility index (Phi) is 6.64. The Morgan fingerprint density at radius 3 is 2.17 bits per heavy atom. The number of hydrogen-bond acceptors (Lipinski definition) is 4. The Hall–Kier alpha value is -0.650. The molecule has 1 heterocycles. The Morgan fingerprint density at radius 2 is 2.00 bits per heavy atom. The average molecular weight is 177 g/mol. The second-order valence-corrected chi connectivity index (χ2v) is 2.43. The molecule has 0 aliphatic carbocycles. The maximum atomic E-state index is 10.1. The lowest BCUT2D eigenvalue weighted by molar-refractivity contribution is -0.139. The maximum Gasteiger partial charge on any atom is 0.320 e. The highest BCUT2D eigenvalue weighted by molar-refractivity contribution is 5.73. The van der Waals surface area contributed by atoms with Gasteiger partial charge in [0.15, 0.2) is 0 Å². The molecule has 0 amide bonds. The summed E-state index contributed by atoms with van der Waals surface area (Å²) in [5.74, 6) is -0.720. The van der Waals surface area contributed by atoms with Crippen molar-refractivity contribution < 1.29 is 20.1 Å². The molecule has 0 aromatic heterocycles. The first-order chi connectivity index (χ1) is 5.72. The fourth-order valence-electron chi connectivity index (χ4n) is 0.895. The second-order valence-electron chi connectivity index (χ2n) is 2.43. The summed E-state index contributed by atoms with van der Waals surface area (Å²) in [4.78, 5) is 10.1. The van der Waals surface area contributed by atoms with Gasteiger partial charge in [-0.15, -0.1) is 0 Å². The van der Waals surface area contributed by atoms with Gasteiger partial charge < -0.3 is 20.6 Å². The summed E-state index contributed by atoms with van der Waals surface area (Å²) in [6.45, 7) is 0.608. The van der Waals surface area contributed by atoms with E-state index in [9.17, 15) is 4.79 Å². The summed E-state index contributed by atoms with van der Waals surface area (Å²) in [5, 5.41) is 26.5. The highest BCUT2D eigenvalue weighted by Crippen LogP contribution is 2.03. The van der Waals surface area contributed by atoms with Gasteiger partial charge in [-0.05, 0) is 19.4 Å². The number of hydrogen-bond donors (Lipinski definition) is 4. The number of aliphatic hydroxyl groups excluding tert-OH is 2. The van der Waals surface area contributed by atoms with Gasteiger partial charge in [0, 0.05) is 0 Å². The van der Waals surface area contributed by atoms with E-state index in [4.69, 9.17) is 15.3 Å². The van der Waals surface area contributed by atoms with Crippen LogP contribution in [0.4, 0.5) is 0 Å². The van der Waals surface area contributed by atoms with Crippen LogP contribution in [0.5, 0.6) is 0 Å². The minimum absolute atomic E-state index is 0.125. The molecule has 1 aliphatic heterocycles. The van der Waals surface area contributed by atoms with Crippen LogP contribution in [-0.2, 0) is 4.79 Å². The van der Waals surface area contributed by atoms with E-state index < -0.39 is 5.97 Å². The molecule has 0 radical (unpaired) electrons. The van der Waals surface area contributed by atoms with Crippen LogP contribution in [0, 0.1) is 0 Å². The van der Waals surface area contributed by atoms with Crippen LogP contribution in [0.3, 0.4) is 0 Å². The molecular weight excluding hydrogens is 162 g/mol. The fourth-order valence-corrected chi connectivity index (χ4v) is 0.895. The van der Waals surface area contributed by atoms with Crippen LogP contribution in [0.25, 0.3) is 0 Å². The fraction of sp³-hybridized carbons (Fsp3) is 0.857. The van der Waals surface area contributed by atoms with Crippen LogP contribution < -0.4 is 5.32 Å². The van der Waals surface area contributed by atoms with Crippen molar-refractivity contribution in [2.75, 3.05) is 19.8 Å². The number of carboxylic acid groups (broad SMARTS) is 1. The summed E-state index contributed by atoms with van der Waals surface area (Å²) in [7, 11) is 0. The molecule has 0 saturated carbocycles. The van der Waals surface area contributed by atoms with E-state index in [1.807, 2.05) is 0 Å². The molecule has 1 fully saturated rings. The van der Waals surface area contributed by atoms with Gasteiger partial charge >= 0.3 is 5.97 Å². The molecule has 0 unspecified atom stereocenters. The lowest BCUT2D eigenvalue weighted by atomic mass is 10.2. The molecule has 1 saturated heterocycles. The zero-order valence-electron chi connectivity index (χ0n) is 6.86. The molecule has 72 valence electrons. The van der Waals surface area contributed by atoms with Crippen LogP contribution in [0.15, 0.2) is 0 Å². The first-order valence-corrected chi connectivity index (χ1v) is 3.90. The predicted molar refractivity (Wildman–Crippen MR) is 42.8 cm³/mol. The predicted octanol–water partition coefficient (Wildman–Crippen LogP) is -1.21. The molecule has 12 heavy (non-hydrogen) atoms. The quantitative estimate of drug-likeness (QED) is 0.425. The lowest BCUT2D eigenvalue weighted by Crippen LogP contribution is -2.29. The number of rotatable bonds is 2. The third kappa shape index (κ3) is 5.06. The maximum absolute atomic E-state index is 10.1. The zero-order valence-corrected chi connectivity index (χ0v) is 6.86. The highest BCUT2D eigenvalue weighted by Gasteiger charge is 2.20. The standard InChI is InChI=1S/C5H9NO2.C2H6O2/c7-5(8)4-2-1-3-6-4;3-1-2-4/h4,6H,1-3H2,(H,7,8);3-4H,1-2H2/t4-;/m0./s1. The molecule has 1 aliphatic rings. The molecule has 1 rings (SSSR count). The molecule has 5 heteroatoms. The molecule has 0 spiro atoms. The van der Waals surface area contributed by atoms with Crippen molar-refractivity contribution >= 4 is 5.97 Å². The van der Waals surface area contributed by atoms with Crippen molar-refractivity contribution in [3.05, 3.63) is 0 Å². The van der Waals surface area contributed by atoms with Crippen LogP contribution in [0.1, 0.15) is 12.8 Å². The minimum Gasteiger partial charge on any atom is -0.480 e. The van der Waals surface area contributed by atoms with Gasteiger partial charge in [-0.25, -0.2) is 0 Å². The van der Waals surface area contributed by atoms with Crippen LogP contribution >= 0.6 is 0 Å². The van der Waals surface area contributed by atoms with Crippen molar-refractivity contribution in [3.8, 4) is 0 Å². The van der Waals surface area contributed by atoms with E-state index in [2.05, 4.69) is 5.32 Å². The Morgan fingerprint density at radius 1 is 1.42 bits per heavy atom. The summed E-state index contributed by atoms with van der Waals surface area (Å²) < 4.78 is 0. The molecule has 1 atom stereocenters. The van der Waals surface area contributed by atoms with Crippen LogP contribution in [0.2, 0.25) is 0 Å². The molecule has 5 nitrogen and oxygen atoms in total. The normalized spacial score (nSPS) is 21.3. The zero-order chi connectivity index (χ0) is 9.40. The molecule has 4 N–H and O–H groups in total. The summed E-state index contributed by atoms with van der Waals surface area (Å²) in [5.41, 5.74) is 0.